The number of esters is 1. The van der Waals surface area contributed by atoms with Crippen LogP contribution in [0.4, 0.5) is 10.1 Å². The van der Waals surface area contributed by atoms with Crippen LogP contribution in [0.25, 0.3) is 0 Å². The fourth-order valence-corrected chi connectivity index (χ4v) is 2.49. The van der Waals surface area contributed by atoms with Crippen LogP contribution in [0, 0.1) is 5.82 Å². The molecule has 0 aliphatic rings. The van der Waals surface area contributed by atoms with Crippen molar-refractivity contribution in [3.05, 3.63) is 95.6 Å². The Balaban J connectivity index is 1.77. The van der Waals surface area contributed by atoms with Gasteiger partial charge in [-0.2, -0.15) is 0 Å². The third-order valence-corrected chi connectivity index (χ3v) is 4.03. The summed E-state index contributed by atoms with van der Waals surface area (Å²) in [7, 11) is 1.29. The molecule has 2 N–H and O–H groups in total. The molecule has 0 spiro atoms. The number of benzene rings is 2. The van der Waals surface area contributed by atoms with Crippen LogP contribution in [0.5, 0.6) is 0 Å². The topological polar surface area (TPSA) is 92.7 Å². The Hall–Kier alpha value is -4.07. The highest BCUT2D eigenvalue weighted by molar-refractivity contribution is 6.10. The quantitative estimate of drug-likeness (QED) is 0.385. The van der Waals surface area contributed by atoms with Gasteiger partial charge in [-0.25, -0.2) is 14.2 Å². The maximum atomic E-state index is 13.2. The minimum atomic E-state index is -0.488. The molecule has 1 heterocycles. The molecule has 30 heavy (non-hydrogen) atoms. The summed E-state index contributed by atoms with van der Waals surface area (Å²) in [4.78, 5) is 32.8. The van der Waals surface area contributed by atoms with Crippen LogP contribution in [-0.2, 0) is 11.3 Å². The first-order valence-corrected chi connectivity index (χ1v) is 9.02. The number of nitrogens with one attached hydrogen (secondary N) is 2. The van der Waals surface area contributed by atoms with Crippen LogP contribution in [0.2, 0.25) is 0 Å². The Morgan fingerprint density at radius 1 is 1.00 bits per heavy atom. The fraction of sp³-hybridized carbons (Fsp3) is 0.0909. The molecule has 1 amide bonds. The standard InChI is InChI=1S/C22H19FN4O3/c1-30-21(29)16-7-5-15(6-8-16)20(28)27-22(25-14-19-4-2-3-13-24-19)26-18-11-9-17(23)10-12-18/h2-13H,14H2,1H3,(H2,25,26,27,28). The average Bonchev–Trinajstić information content (AvgIpc) is 2.79. The maximum Gasteiger partial charge on any atom is 0.337 e. The van der Waals surface area contributed by atoms with E-state index in [9.17, 15) is 14.0 Å². The van der Waals surface area contributed by atoms with E-state index in [4.69, 9.17) is 0 Å². The number of ether oxygens (including phenoxy) is 1. The Morgan fingerprint density at radius 2 is 1.70 bits per heavy atom. The number of carbonyl (C=O) groups excluding carboxylic acids is 2. The van der Waals surface area contributed by atoms with Gasteiger partial charge in [-0.3, -0.25) is 15.1 Å². The number of hydrogen-bond donors (Lipinski definition) is 2. The minimum absolute atomic E-state index is 0.175. The first-order chi connectivity index (χ1) is 14.5. The number of nitrogens with zero attached hydrogens (tertiary/aromatic N) is 2. The predicted octanol–water partition coefficient (Wildman–Crippen LogP) is 3.41. The summed E-state index contributed by atoms with van der Waals surface area (Å²) in [5.41, 5.74) is 1.93. The molecule has 0 unspecified atom stereocenters. The predicted molar refractivity (Wildman–Crippen MR) is 111 cm³/mol. The SMILES string of the molecule is COC(=O)c1ccc(C(=O)NC(=NCc2ccccn2)Nc2ccc(F)cc2)cc1. The minimum Gasteiger partial charge on any atom is -0.465 e. The second-order valence-electron chi connectivity index (χ2n) is 6.14. The van der Waals surface area contributed by atoms with Crippen molar-refractivity contribution in [2.75, 3.05) is 12.4 Å². The van der Waals surface area contributed by atoms with E-state index in [0.717, 1.165) is 0 Å². The van der Waals surface area contributed by atoms with Crippen molar-refractivity contribution >= 4 is 23.5 Å². The third-order valence-electron chi connectivity index (χ3n) is 4.03. The van der Waals surface area contributed by atoms with Crippen molar-refractivity contribution in [1.29, 1.82) is 0 Å². The van der Waals surface area contributed by atoms with Gasteiger partial charge in [0.15, 0.2) is 0 Å². The van der Waals surface area contributed by atoms with Crippen LogP contribution in [0.3, 0.4) is 0 Å². The number of anilines is 1. The molecule has 0 fully saturated rings. The molecule has 0 radical (unpaired) electrons. The zero-order chi connectivity index (χ0) is 21.3. The second-order valence-corrected chi connectivity index (χ2v) is 6.14. The highest BCUT2D eigenvalue weighted by Gasteiger charge is 2.12. The number of halogens is 1. The molecule has 0 saturated carbocycles. The van der Waals surface area contributed by atoms with E-state index in [-0.39, 0.29) is 18.3 Å². The number of aromatic nitrogens is 1. The first kappa shape index (κ1) is 20.7. The van der Waals surface area contributed by atoms with Crippen molar-refractivity contribution < 1.29 is 18.7 Å². The van der Waals surface area contributed by atoms with Crippen molar-refractivity contribution in [2.45, 2.75) is 6.54 Å². The van der Waals surface area contributed by atoms with Crippen molar-refractivity contribution in [3.63, 3.8) is 0 Å². The number of rotatable bonds is 5. The summed E-state index contributed by atoms with van der Waals surface area (Å²) in [6.45, 7) is 0.228. The van der Waals surface area contributed by atoms with Gasteiger partial charge in [0.25, 0.3) is 5.91 Å². The maximum absolute atomic E-state index is 13.2. The summed E-state index contributed by atoms with van der Waals surface area (Å²) in [6, 6.07) is 17.1. The summed E-state index contributed by atoms with van der Waals surface area (Å²) in [5, 5.41) is 5.66. The van der Waals surface area contributed by atoms with Gasteiger partial charge >= 0.3 is 5.97 Å². The van der Waals surface area contributed by atoms with Crippen LogP contribution in [-0.4, -0.2) is 29.9 Å². The van der Waals surface area contributed by atoms with E-state index in [1.54, 1.807) is 12.3 Å². The van der Waals surface area contributed by atoms with Gasteiger partial charge in [0.1, 0.15) is 5.82 Å². The zero-order valence-corrected chi connectivity index (χ0v) is 16.1. The molecule has 1 aromatic heterocycles. The molecular weight excluding hydrogens is 387 g/mol. The summed E-state index contributed by atoms with van der Waals surface area (Å²) < 4.78 is 17.8. The fourth-order valence-electron chi connectivity index (χ4n) is 2.49. The van der Waals surface area contributed by atoms with E-state index in [0.29, 0.717) is 22.5 Å². The summed E-state index contributed by atoms with van der Waals surface area (Å²) in [6.07, 6.45) is 1.65. The van der Waals surface area contributed by atoms with E-state index < -0.39 is 11.9 Å². The highest BCUT2D eigenvalue weighted by Crippen LogP contribution is 2.09. The second kappa shape index (κ2) is 9.92. The third kappa shape index (κ3) is 5.71. The van der Waals surface area contributed by atoms with Gasteiger partial charge in [0, 0.05) is 17.4 Å². The molecule has 152 valence electrons. The van der Waals surface area contributed by atoms with Crippen LogP contribution in [0.1, 0.15) is 26.4 Å². The van der Waals surface area contributed by atoms with Crippen LogP contribution < -0.4 is 10.6 Å². The molecule has 0 bridgehead atoms. The zero-order valence-electron chi connectivity index (χ0n) is 16.1. The summed E-state index contributed by atoms with van der Waals surface area (Å²) >= 11 is 0. The van der Waals surface area contributed by atoms with Crippen LogP contribution >= 0.6 is 0 Å². The molecule has 0 aliphatic heterocycles. The van der Waals surface area contributed by atoms with E-state index >= 15 is 0 Å². The Kier molecular flexibility index (Phi) is 6.83. The lowest BCUT2D eigenvalue weighted by Crippen LogP contribution is -2.36. The molecule has 7 nitrogen and oxygen atoms in total. The van der Waals surface area contributed by atoms with Gasteiger partial charge in [-0.1, -0.05) is 6.07 Å². The lowest BCUT2D eigenvalue weighted by Gasteiger charge is -2.12. The first-order valence-electron chi connectivity index (χ1n) is 9.02. The number of hydrogen-bond acceptors (Lipinski definition) is 5. The van der Waals surface area contributed by atoms with Crippen molar-refractivity contribution in [2.24, 2.45) is 4.99 Å². The van der Waals surface area contributed by atoms with E-state index in [1.807, 2.05) is 12.1 Å². The van der Waals surface area contributed by atoms with Gasteiger partial charge < -0.3 is 10.1 Å². The lowest BCUT2D eigenvalue weighted by molar-refractivity contribution is 0.0600. The average molecular weight is 406 g/mol. The normalized spacial score (nSPS) is 10.9. The lowest BCUT2D eigenvalue weighted by atomic mass is 10.1. The Labute approximate surface area is 172 Å². The van der Waals surface area contributed by atoms with Crippen LogP contribution in [0.15, 0.2) is 77.9 Å². The number of guanidine groups is 1. The van der Waals surface area contributed by atoms with Gasteiger partial charge in [0.2, 0.25) is 5.96 Å². The smallest absolute Gasteiger partial charge is 0.337 e. The number of pyridine rings is 1. The Morgan fingerprint density at radius 3 is 2.33 bits per heavy atom. The number of amides is 1. The van der Waals surface area contributed by atoms with Crippen molar-refractivity contribution in [3.8, 4) is 0 Å². The summed E-state index contributed by atoms with van der Waals surface area (Å²) in [5.74, 6) is -1.12. The molecule has 0 aliphatic carbocycles. The van der Waals surface area contributed by atoms with Gasteiger partial charge in [-0.05, 0) is 60.7 Å². The molecular formula is C22H19FN4O3. The number of aliphatic imine (C=N–C) groups is 1. The molecule has 2 aromatic carbocycles. The van der Waals surface area contributed by atoms with Gasteiger partial charge in [-0.15, -0.1) is 0 Å². The molecule has 8 heteroatoms. The van der Waals surface area contributed by atoms with Gasteiger partial charge in [0.05, 0.1) is 24.9 Å². The number of methoxy groups -OCH3 is 1. The molecule has 0 atom stereocenters. The largest absolute Gasteiger partial charge is 0.465 e. The molecule has 0 saturated heterocycles. The number of carbonyl (C=O) groups is 2. The van der Waals surface area contributed by atoms with Crippen molar-refractivity contribution in [1.82, 2.24) is 10.3 Å². The Bertz CT molecular complexity index is 1040. The van der Waals surface area contributed by atoms with E-state index in [2.05, 4.69) is 25.3 Å². The monoisotopic (exact) mass is 406 g/mol. The molecule has 3 aromatic rings. The molecule has 3 rings (SSSR count). The van der Waals surface area contributed by atoms with E-state index in [1.165, 1.54) is 55.6 Å². The highest BCUT2D eigenvalue weighted by atomic mass is 19.1.